The van der Waals surface area contributed by atoms with Crippen molar-refractivity contribution in [1.29, 1.82) is 0 Å². The van der Waals surface area contributed by atoms with Crippen LogP contribution in [-0.4, -0.2) is 34.6 Å². The summed E-state index contributed by atoms with van der Waals surface area (Å²) in [6.45, 7) is 5.99. The molecule has 2 saturated carbocycles. The summed E-state index contributed by atoms with van der Waals surface area (Å²) in [6, 6.07) is 0. The quantitative estimate of drug-likeness (QED) is 0.723. The lowest BCUT2D eigenvalue weighted by Gasteiger charge is -2.38. The van der Waals surface area contributed by atoms with Gasteiger partial charge >= 0.3 is 5.97 Å². The molecule has 0 aromatic carbocycles. The van der Waals surface area contributed by atoms with Gasteiger partial charge in [-0.05, 0) is 57.4 Å². The van der Waals surface area contributed by atoms with Crippen LogP contribution in [0.4, 0.5) is 0 Å². The van der Waals surface area contributed by atoms with Gasteiger partial charge in [0.25, 0.3) is 0 Å². The Hall–Kier alpha value is -0.570. The van der Waals surface area contributed by atoms with E-state index in [0.29, 0.717) is 5.92 Å². The summed E-state index contributed by atoms with van der Waals surface area (Å²) in [5, 5.41) is 9.53. The Balaban J connectivity index is 2.09. The first-order valence-corrected chi connectivity index (χ1v) is 6.57. The Morgan fingerprint density at radius 3 is 2.38 bits per heavy atom. The summed E-state index contributed by atoms with van der Waals surface area (Å²) in [4.78, 5) is 13.8. The maximum absolute atomic E-state index is 11.6. The molecule has 0 aliphatic heterocycles. The maximum atomic E-state index is 11.6. The minimum absolute atomic E-state index is 0.385. The van der Waals surface area contributed by atoms with Crippen LogP contribution in [0.25, 0.3) is 0 Å². The molecule has 0 amide bonds. The molecule has 3 nitrogen and oxygen atoms in total. The van der Waals surface area contributed by atoms with E-state index in [9.17, 15) is 9.90 Å². The van der Waals surface area contributed by atoms with Crippen molar-refractivity contribution < 1.29 is 9.90 Å². The Morgan fingerprint density at radius 1 is 1.38 bits per heavy atom. The molecule has 1 N–H and O–H groups in total. The fraction of sp³-hybridized carbons (Fsp3) is 0.923. The van der Waals surface area contributed by atoms with E-state index in [1.807, 2.05) is 6.92 Å². The van der Waals surface area contributed by atoms with Crippen LogP contribution in [0.2, 0.25) is 0 Å². The average molecular weight is 225 g/mol. The molecule has 3 heteroatoms. The fourth-order valence-corrected chi connectivity index (χ4v) is 2.61. The van der Waals surface area contributed by atoms with Gasteiger partial charge in [-0.2, -0.15) is 0 Å². The molecule has 2 fully saturated rings. The minimum Gasteiger partial charge on any atom is -0.480 e. The summed E-state index contributed by atoms with van der Waals surface area (Å²) in [7, 11) is 0. The van der Waals surface area contributed by atoms with Crippen LogP contribution in [0.15, 0.2) is 0 Å². The molecule has 92 valence electrons. The molecule has 0 saturated heterocycles. The lowest BCUT2D eigenvalue weighted by molar-refractivity contribution is -0.152. The van der Waals surface area contributed by atoms with Crippen LogP contribution in [0.1, 0.15) is 46.0 Å². The summed E-state index contributed by atoms with van der Waals surface area (Å²) < 4.78 is 0. The summed E-state index contributed by atoms with van der Waals surface area (Å²) in [6.07, 6.45) is 5.81. The van der Waals surface area contributed by atoms with E-state index in [-0.39, 0.29) is 0 Å². The Labute approximate surface area is 97.8 Å². The van der Waals surface area contributed by atoms with Crippen molar-refractivity contribution >= 4 is 5.97 Å². The molecule has 0 aromatic rings. The number of aliphatic carboxylic acids is 1. The lowest BCUT2D eigenvalue weighted by atomic mass is 9.92. The van der Waals surface area contributed by atoms with E-state index in [1.165, 1.54) is 12.8 Å². The fourth-order valence-electron chi connectivity index (χ4n) is 2.61. The SMILES string of the molecule is CCCN(CC1CC1)C(C)(C(=O)O)C1CC1. The van der Waals surface area contributed by atoms with E-state index in [2.05, 4.69) is 11.8 Å². The highest BCUT2D eigenvalue weighted by Gasteiger charge is 2.51. The van der Waals surface area contributed by atoms with Gasteiger partial charge in [0, 0.05) is 6.54 Å². The van der Waals surface area contributed by atoms with Gasteiger partial charge in [-0.15, -0.1) is 0 Å². The second kappa shape index (κ2) is 4.36. The van der Waals surface area contributed by atoms with Gasteiger partial charge < -0.3 is 5.11 Å². The average Bonchev–Trinajstić information content (AvgIpc) is 3.08. The highest BCUT2D eigenvalue weighted by Crippen LogP contribution is 2.44. The highest BCUT2D eigenvalue weighted by molar-refractivity contribution is 5.79. The zero-order valence-corrected chi connectivity index (χ0v) is 10.4. The van der Waals surface area contributed by atoms with Crippen molar-refractivity contribution in [2.45, 2.75) is 51.5 Å². The van der Waals surface area contributed by atoms with Crippen molar-refractivity contribution in [3.8, 4) is 0 Å². The molecule has 1 unspecified atom stereocenters. The number of nitrogens with zero attached hydrogens (tertiary/aromatic N) is 1. The summed E-state index contributed by atoms with van der Waals surface area (Å²) in [5.41, 5.74) is -0.599. The molecule has 0 spiro atoms. The third kappa shape index (κ3) is 2.24. The van der Waals surface area contributed by atoms with Gasteiger partial charge in [0.1, 0.15) is 5.54 Å². The van der Waals surface area contributed by atoms with E-state index in [4.69, 9.17) is 0 Å². The number of carbonyl (C=O) groups is 1. The number of carboxylic acid groups (broad SMARTS) is 1. The zero-order valence-electron chi connectivity index (χ0n) is 10.4. The third-order valence-corrected chi connectivity index (χ3v) is 4.13. The predicted molar refractivity (Wildman–Crippen MR) is 63.4 cm³/mol. The Morgan fingerprint density at radius 2 is 2.00 bits per heavy atom. The van der Waals surface area contributed by atoms with Crippen LogP contribution in [0.3, 0.4) is 0 Å². The first kappa shape index (κ1) is 11.9. The van der Waals surface area contributed by atoms with Crippen LogP contribution in [-0.2, 0) is 4.79 Å². The first-order valence-electron chi connectivity index (χ1n) is 6.57. The van der Waals surface area contributed by atoms with Crippen molar-refractivity contribution in [3.63, 3.8) is 0 Å². The van der Waals surface area contributed by atoms with Crippen molar-refractivity contribution in [2.24, 2.45) is 11.8 Å². The first-order chi connectivity index (χ1) is 7.59. The number of hydrogen-bond acceptors (Lipinski definition) is 2. The summed E-state index contributed by atoms with van der Waals surface area (Å²) >= 11 is 0. The van der Waals surface area contributed by atoms with Gasteiger partial charge in [0.05, 0.1) is 0 Å². The Kier molecular flexibility index (Phi) is 3.24. The molecule has 2 aliphatic carbocycles. The molecule has 1 atom stereocenters. The smallest absolute Gasteiger partial charge is 0.324 e. The molecule has 0 radical (unpaired) electrons. The Bertz CT molecular complexity index is 271. The third-order valence-electron chi connectivity index (χ3n) is 4.13. The molecular weight excluding hydrogens is 202 g/mol. The standard InChI is InChI=1S/C13H23NO2/c1-3-8-14(9-10-4-5-10)13(2,12(15)16)11-6-7-11/h10-11H,3-9H2,1-2H3,(H,15,16). The van der Waals surface area contributed by atoms with E-state index < -0.39 is 11.5 Å². The molecule has 0 aromatic heterocycles. The van der Waals surface area contributed by atoms with Gasteiger partial charge in [-0.3, -0.25) is 9.69 Å². The highest BCUT2D eigenvalue weighted by atomic mass is 16.4. The van der Waals surface area contributed by atoms with Crippen LogP contribution >= 0.6 is 0 Å². The number of carboxylic acids is 1. The largest absolute Gasteiger partial charge is 0.480 e. The van der Waals surface area contributed by atoms with Crippen LogP contribution in [0.5, 0.6) is 0 Å². The lowest BCUT2D eigenvalue weighted by Crippen LogP contribution is -2.55. The molecule has 0 heterocycles. The molecule has 2 aliphatic rings. The number of rotatable bonds is 7. The predicted octanol–water partition coefficient (Wildman–Crippen LogP) is 2.36. The zero-order chi connectivity index (χ0) is 11.8. The normalized spacial score (nSPS) is 24.4. The van der Waals surface area contributed by atoms with Crippen molar-refractivity contribution in [2.75, 3.05) is 13.1 Å². The van der Waals surface area contributed by atoms with E-state index >= 15 is 0 Å². The van der Waals surface area contributed by atoms with Gasteiger partial charge in [-0.1, -0.05) is 6.92 Å². The summed E-state index contributed by atoms with van der Waals surface area (Å²) in [5.74, 6) is 0.531. The van der Waals surface area contributed by atoms with Crippen molar-refractivity contribution in [1.82, 2.24) is 4.90 Å². The van der Waals surface area contributed by atoms with Crippen LogP contribution < -0.4 is 0 Å². The van der Waals surface area contributed by atoms with E-state index in [0.717, 1.165) is 38.3 Å². The maximum Gasteiger partial charge on any atom is 0.324 e. The molecule has 2 rings (SSSR count). The topological polar surface area (TPSA) is 40.5 Å². The minimum atomic E-state index is -0.621. The second-order valence-electron chi connectivity index (χ2n) is 5.62. The second-order valence-corrected chi connectivity index (χ2v) is 5.62. The van der Waals surface area contributed by atoms with Gasteiger partial charge in [-0.25, -0.2) is 0 Å². The molecule has 16 heavy (non-hydrogen) atoms. The van der Waals surface area contributed by atoms with E-state index in [1.54, 1.807) is 0 Å². The molecule has 0 bridgehead atoms. The van der Waals surface area contributed by atoms with Gasteiger partial charge in [0.15, 0.2) is 0 Å². The molecular formula is C13H23NO2. The van der Waals surface area contributed by atoms with Crippen LogP contribution in [0, 0.1) is 11.8 Å². The van der Waals surface area contributed by atoms with Gasteiger partial charge in [0.2, 0.25) is 0 Å². The number of hydrogen-bond donors (Lipinski definition) is 1. The monoisotopic (exact) mass is 225 g/mol. The van der Waals surface area contributed by atoms with Crippen molar-refractivity contribution in [3.05, 3.63) is 0 Å².